The lowest BCUT2D eigenvalue weighted by molar-refractivity contribution is 0.130. The largest absolute Gasteiger partial charge is 0.383 e. The van der Waals surface area contributed by atoms with Gasteiger partial charge < -0.3 is 14.8 Å². The topological polar surface area (TPSA) is 30.5 Å². The lowest BCUT2D eigenvalue weighted by Crippen LogP contribution is -2.28. The molecular weight excluding hydrogens is 318 g/mol. The zero-order valence-corrected chi connectivity index (χ0v) is 14.1. The third kappa shape index (κ3) is 8.00. The highest BCUT2D eigenvalue weighted by molar-refractivity contribution is 9.10. The molecule has 0 heterocycles. The Hall–Kier alpha value is -0.420. The molecule has 1 unspecified atom stereocenters. The van der Waals surface area contributed by atoms with Gasteiger partial charge in [0.05, 0.1) is 6.61 Å². The highest BCUT2D eigenvalue weighted by atomic mass is 79.9. The minimum atomic E-state index is 0.590. The van der Waals surface area contributed by atoms with E-state index in [1.807, 2.05) is 6.92 Å². The molecule has 0 saturated heterocycles. The number of nitrogens with one attached hydrogen (secondary N) is 1. The maximum Gasteiger partial charge on any atom is 0.0587 e. The molecular formula is C16H26BrNO2. The number of ether oxygens (including phenoxy) is 2. The number of hydrogen-bond donors (Lipinski definition) is 1. The summed E-state index contributed by atoms with van der Waals surface area (Å²) in [6, 6.07) is 8.54. The molecule has 114 valence electrons. The van der Waals surface area contributed by atoms with Crippen LogP contribution in [0.3, 0.4) is 0 Å². The van der Waals surface area contributed by atoms with Crippen molar-refractivity contribution in [2.75, 3.05) is 40.0 Å². The molecule has 20 heavy (non-hydrogen) atoms. The van der Waals surface area contributed by atoms with Crippen LogP contribution in [0.5, 0.6) is 0 Å². The van der Waals surface area contributed by atoms with E-state index >= 15 is 0 Å². The molecule has 0 bridgehead atoms. The van der Waals surface area contributed by atoms with Crippen LogP contribution in [0.1, 0.15) is 18.9 Å². The third-order valence-electron chi connectivity index (χ3n) is 3.20. The van der Waals surface area contributed by atoms with E-state index in [1.165, 1.54) is 5.56 Å². The summed E-state index contributed by atoms with van der Waals surface area (Å²) in [6.07, 6.45) is 2.16. The van der Waals surface area contributed by atoms with Crippen molar-refractivity contribution in [3.8, 4) is 0 Å². The van der Waals surface area contributed by atoms with Gasteiger partial charge in [0.1, 0.15) is 0 Å². The molecule has 0 spiro atoms. The smallest absolute Gasteiger partial charge is 0.0587 e. The summed E-state index contributed by atoms with van der Waals surface area (Å²) in [5.74, 6) is 0.590. The predicted octanol–water partition coefficient (Wildman–Crippen LogP) is 3.27. The van der Waals surface area contributed by atoms with Crippen LogP contribution >= 0.6 is 15.9 Å². The van der Waals surface area contributed by atoms with E-state index in [1.54, 1.807) is 7.11 Å². The second-order valence-corrected chi connectivity index (χ2v) is 5.80. The van der Waals surface area contributed by atoms with Gasteiger partial charge in [0.25, 0.3) is 0 Å². The molecule has 0 saturated carbocycles. The van der Waals surface area contributed by atoms with Crippen LogP contribution in [0, 0.1) is 5.92 Å². The van der Waals surface area contributed by atoms with Gasteiger partial charge in [0, 0.05) is 31.3 Å². The van der Waals surface area contributed by atoms with E-state index in [2.05, 4.69) is 45.5 Å². The zero-order valence-electron chi connectivity index (χ0n) is 12.5. The highest BCUT2D eigenvalue weighted by Gasteiger charge is 2.10. The summed E-state index contributed by atoms with van der Waals surface area (Å²) >= 11 is 3.53. The Morgan fingerprint density at radius 3 is 2.85 bits per heavy atom. The maximum atomic E-state index is 5.49. The number of rotatable bonds is 11. The van der Waals surface area contributed by atoms with E-state index in [0.29, 0.717) is 5.92 Å². The van der Waals surface area contributed by atoms with Crippen LogP contribution in [0.15, 0.2) is 28.7 Å². The predicted molar refractivity (Wildman–Crippen MR) is 87.2 cm³/mol. The zero-order chi connectivity index (χ0) is 14.6. The molecule has 0 amide bonds. The Labute approximate surface area is 131 Å². The Balaban J connectivity index is 2.43. The van der Waals surface area contributed by atoms with Crippen molar-refractivity contribution in [2.45, 2.75) is 19.8 Å². The van der Waals surface area contributed by atoms with E-state index in [-0.39, 0.29) is 0 Å². The molecule has 0 aliphatic carbocycles. The van der Waals surface area contributed by atoms with Crippen LogP contribution < -0.4 is 5.32 Å². The number of benzene rings is 1. The standard InChI is InChI=1S/C16H26BrNO2/c1-3-20-9-7-15(13-18-8-10-19-2)11-14-5-4-6-16(17)12-14/h4-6,12,15,18H,3,7-11,13H2,1-2H3. The SMILES string of the molecule is CCOCCC(CNCCOC)Cc1cccc(Br)c1. The van der Waals surface area contributed by atoms with Crippen molar-refractivity contribution in [2.24, 2.45) is 5.92 Å². The van der Waals surface area contributed by atoms with Gasteiger partial charge >= 0.3 is 0 Å². The molecule has 0 aliphatic rings. The molecule has 0 radical (unpaired) electrons. The fourth-order valence-corrected chi connectivity index (χ4v) is 2.59. The molecule has 3 nitrogen and oxygen atoms in total. The lowest BCUT2D eigenvalue weighted by atomic mass is 9.96. The van der Waals surface area contributed by atoms with Crippen molar-refractivity contribution in [3.05, 3.63) is 34.3 Å². The first-order valence-corrected chi connectivity index (χ1v) is 8.07. The average Bonchev–Trinajstić information content (AvgIpc) is 2.43. The summed E-state index contributed by atoms with van der Waals surface area (Å²) < 4.78 is 11.7. The Bertz CT molecular complexity index is 360. The summed E-state index contributed by atoms with van der Waals surface area (Å²) in [7, 11) is 1.73. The van der Waals surface area contributed by atoms with Crippen molar-refractivity contribution in [1.29, 1.82) is 0 Å². The Morgan fingerprint density at radius 2 is 2.15 bits per heavy atom. The first-order chi connectivity index (χ1) is 9.76. The highest BCUT2D eigenvalue weighted by Crippen LogP contribution is 2.17. The fourth-order valence-electron chi connectivity index (χ4n) is 2.15. The van der Waals surface area contributed by atoms with Crippen molar-refractivity contribution >= 4 is 15.9 Å². The monoisotopic (exact) mass is 343 g/mol. The van der Waals surface area contributed by atoms with Crippen LogP contribution in [0.2, 0.25) is 0 Å². The third-order valence-corrected chi connectivity index (χ3v) is 3.70. The van der Waals surface area contributed by atoms with Crippen molar-refractivity contribution < 1.29 is 9.47 Å². The molecule has 1 N–H and O–H groups in total. The van der Waals surface area contributed by atoms with Gasteiger partial charge in [-0.1, -0.05) is 28.1 Å². The first kappa shape index (κ1) is 17.6. The summed E-state index contributed by atoms with van der Waals surface area (Å²) in [4.78, 5) is 0. The van der Waals surface area contributed by atoms with Crippen LogP contribution in [-0.4, -0.2) is 40.0 Å². The number of methoxy groups -OCH3 is 1. The van der Waals surface area contributed by atoms with Gasteiger partial charge in [-0.05, 0) is 49.9 Å². The molecule has 4 heteroatoms. The molecule has 1 rings (SSSR count). The van der Waals surface area contributed by atoms with Gasteiger partial charge in [-0.25, -0.2) is 0 Å². The van der Waals surface area contributed by atoms with Gasteiger partial charge in [0.15, 0.2) is 0 Å². The summed E-state index contributed by atoms with van der Waals surface area (Å²) in [5, 5.41) is 3.46. The second-order valence-electron chi connectivity index (χ2n) is 4.88. The molecule has 0 aromatic heterocycles. The van der Waals surface area contributed by atoms with E-state index in [0.717, 1.165) is 50.2 Å². The molecule has 0 fully saturated rings. The van der Waals surface area contributed by atoms with E-state index in [9.17, 15) is 0 Å². The fraction of sp³-hybridized carbons (Fsp3) is 0.625. The summed E-state index contributed by atoms with van der Waals surface area (Å²) in [6.45, 7) is 6.33. The van der Waals surface area contributed by atoms with Crippen LogP contribution in [0.25, 0.3) is 0 Å². The van der Waals surface area contributed by atoms with Crippen LogP contribution in [0.4, 0.5) is 0 Å². The Kier molecular flexibility index (Phi) is 9.93. The number of hydrogen-bond acceptors (Lipinski definition) is 3. The van der Waals surface area contributed by atoms with Gasteiger partial charge in [-0.2, -0.15) is 0 Å². The van der Waals surface area contributed by atoms with Gasteiger partial charge in [-0.3, -0.25) is 0 Å². The van der Waals surface area contributed by atoms with Gasteiger partial charge in [0.2, 0.25) is 0 Å². The lowest BCUT2D eigenvalue weighted by Gasteiger charge is -2.18. The quantitative estimate of drug-likeness (QED) is 0.625. The minimum Gasteiger partial charge on any atom is -0.383 e. The van der Waals surface area contributed by atoms with Crippen molar-refractivity contribution in [3.63, 3.8) is 0 Å². The van der Waals surface area contributed by atoms with E-state index < -0.39 is 0 Å². The molecule has 0 aliphatic heterocycles. The van der Waals surface area contributed by atoms with E-state index in [4.69, 9.17) is 9.47 Å². The van der Waals surface area contributed by atoms with Crippen molar-refractivity contribution in [1.82, 2.24) is 5.32 Å². The number of halogens is 1. The average molecular weight is 344 g/mol. The minimum absolute atomic E-state index is 0.590. The molecule has 1 atom stereocenters. The Morgan fingerprint density at radius 1 is 1.30 bits per heavy atom. The normalized spacial score (nSPS) is 12.6. The molecule has 1 aromatic rings. The molecule has 1 aromatic carbocycles. The first-order valence-electron chi connectivity index (χ1n) is 7.28. The summed E-state index contributed by atoms with van der Waals surface area (Å²) in [5.41, 5.74) is 1.37. The van der Waals surface area contributed by atoms with Crippen LogP contribution in [-0.2, 0) is 15.9 Å². The van der Waals surface area contributed by atoms with Gasteiger partial charge in [-0.15, -0.1) is 0 Å². The maximum absolute atomic E-state index is 5.49. The second kappa shape index (κ2) is 11.3.